The molecule has 3 aromatic rings. The number of hydrogen-bond donors (Lipinski definition) is 0. The van der Waals surface area contributed by atoms with Crippen LogP contribution in [0.25, 0.3) is 22.3 Å². The van der Waals surface area contributed by atoms with E-state index in [4.69, 9.17) is 9.47 Å². The molecule has 5 heteroatoms. The quantitative estimate of drug-likeness (QED) is 0.190. The fourth-order valence-electron chi connectivity index (χ4n) is 4.75. The van der Waals surface area contributed by atoms with Crippen molar-refractivity contribution in [3.8, 4) is 22.3 Å². The third-order valence-electron chi connectivity index (χ3n) is 7.01. The maximum absolute atomic E-state index is 15.1. The molecule has 2 nitrogen and oxygen atoms in total. The third-order valence-corrected chi connectivity index (χ3v) is 7.01. The summed E-state index contributed by atoms with van der Waals surface area (Å²) in [4.78, 5) is 0. The van der Waals surface area contributed by atoms with Crippen molar-refractivity contribution in [1.82, 2.24) is 0 Å². The average Bonchev–Trinajstić information content (AvgIpc) is 2.92. The summed E-state index contributed by atoms with van der Waals surface area (Å²) >= 11 is 0. The fourth-order valence-corrected chi connectivity index (χ4v) is 4.75. The third kappa shape index (κ3) is 6.71. The number of unbranched alkanes of at least 4 members (excludes halogenated alkanes) is 3. The van der Waals surface area contributed by atoms with Gasteiger partial charge in [-0.15, -0.1) is 6.58 Å². The van der Waals surface area contributed by atoms with Gasteiger partial charge in [0.25, 0.3) is 0 Å². The van der Waals surface area contributed by atoms with Gasteiger partial charge in [-0.05, 0) is 47.6 Å². The second-order valence-electron chi connectivity index (χ2n) is 9.69. The summed E-state index contributed by atoms with van der Waals surface area (Å²) in [5, 5.41) is 0. The van der Waals surface area contributed by atoms with Crippen LogP contribution in [0.5, 0.6) is 0 Å². The lowest BCUT2D eigenvalue weighted by Gasteiger charge is -2.29. The van der Waals surface area contributed by atoms with Crippen molar-refractivity contribution in [2.45, 2.75) is 64.1 Å². The zero-order valence-corrected chi connectivity index (χ0v) is 21.4. The van der Waals surface area contributed by atoms with Gasteiger partial charge >= 0.3 is 0 Å². The molecule has 0 aromatic heterocycles. The van der Waals surface area contributed by atoms with Crippen LogP contribution < -0.4 is 0 Å². The molecule has 1 aliphatic rings. The van der Waals surface area contributed by atoms with E-state index in [1.807, 2.05) is 12.1 Å². The van der Waals surface area contributed by atoms with Crippen LogP contribution in [-0.2, 0) is 15.9 Å². The molecule has 196 valence electrons. The number of ether oxygens (including phenoxy) is 2. The van der Waals surface area contributed by atoms with Crippen LogP contribution in [0.2, 0.25) is 0 Å². The van der Waals surface area contributed by atoms with Gasteiger partial charge < -0.3 is 9.47 Å². The van der Waals surface area contributed by atoms with Crippen molar-refractivity contribution < 1.29 is 22.6 Å². The molecule has 0 amide bonds. The van der Waals surface area contributed by atoms with E-state index in [1.54, 1.807) is 42.5 Å². The van der Waals surface area contributed by atoms with E-state index < -0.39 is 11.6 Å². The molecular weight excluding hydrogens is 473 g/mol. The Morgan fingerprint density at radius 1 is 0.838 bits per heavy atom. The lowest BCUT2D eigenvalue weighted by atomic mass is 9.94. The predicted octanol–water partition coefficient (Wildman–Crippen LogP) is 8.98. The van der Waals surface area contributed by atoms with E-state index >= 15 is 4.39 Å². The van der Waals surface area contributed by atoms with Crippen molar-refractivity contribution >= 4 is 0 Å². The second kappa shape index (κ2) is 13.1. The van der Waals surface area contributed by atoms with E-state index in [-0.39, 0.29) is 23.6 Å². The van der Waals surface area contributed by atoms with Crippen molar-refractivity contribution in [3.63, 3.8) is 0 Å². The minimum Gasteiger partial charge on any atom is -0.352 e. The smallest absolute Gasteiger partial charge is 0.166 e. The van der Waals surface area contributed by atoms with Crippen molar-refractivity contribution in [3.05, 3.63) is 95.8 Å². The van der Waals surface area contributed by atoms with Crippen LogP contribution in [0.3, 0.4) is 0 Å². The normalized spacial score (nSPS) is 17.6. The Balaban J connectivity index is 1.44. The van der Waals surface area contributed by atoms with Gasteiger partial charge in [0, 0.05) is 23.5 Å². The molecule has 3 aromatic carbocycles. The van der Waals surface area contributed by atoms with E-state index in [0.717, 1.165) is 44.1 Å². The molecule has 1 fully saturated rings. The summed E-state index contributed by atoms with van der Waals surface area (Å²) in [5.41, 5.74) is 3.12. The molecular formula is C32H35F3O2. The minimum atomic E-state index is -0.833. The highest BCUT2D eigenvalue weighted by Gasteiger charge is 2.24. The predicted molar refractivity (Wildman–Crippen MR) is 143 cm³/mol. The monoisotopic (exact) mass is 508 g/mol. The number of halogens is 3. The Morgan fingerprint density at radius 2 is 1.51 bits per heavy atom. The highest BCUT2D eigenvalue weighted by molar-refractivity contribution is 5.71. The van der Waals surface area contributed by atoms with Gasteiger partial charge in [-0.1, -0.05) is 80.8 Å². The Kier molecular flexibility index (Phi) is 9.59. The van der Waals surface area contributed by atoms with Gasteiger partial charge in [-0.2, -0.15) is 0 Å². The maximum Gasteiger partial charge on any atom is 0.166 e. The standard InChI is InChI=1S/C32H35F3O2/c1-3-5-7-8-9-24-15-18-28(32(35)31(24)34)23-13-11-22(12-14-23)27-17-16-25(19-29(27)33)26-20-36-30(37-21-26)10-6-4-2/h4,11-19,26,30H,2-3,5-10,20-21H2,1H3. The zero-order valence-electron chi connectivity index (χ0n) is 21.4. The number of benzene rings is 3. The number of aryl methyl sites for hydroxylation is 1. The SMILES string of the molecule is C=CCCC1OCC(c2ccc(-c3ccc(-c4ccc(CCCCCC)c(F)c4F)cc3)c(F)c2)CO1. The molecule has 1 heterocycles. The van der Waals surface area contributed by atoms with Crippen LogP contribution in [0.15, 0.2) is 67.3 Å². The van der Waals surface area contributed by atoms with Gasteiger partial charge in [0.15, 0.2) is 17.9 Å². The van der Waals surface area contributed by atoms with E-state index in [2.05, 4.69) is 13.5 Å². The average molecular weight is 509 g/mol. The molecule has 0 saturated carbocycles. The zero-order chi connectivity index (χ0) is 26.2. The highest BCUT2D eigenvalue weighted by atomic mass is 19.2. The first-order chi connectivity index (χ1) is 18.0. The molecule has 0 bridgehead atoms. The summed E-state index contributed by atoms with van der Waals surface area (Å²) in [6.07, 6.45) is 7.77. The summed E-state index contributed by atoms with van der Waals surface area (Å²) in [6, 6.07) is 15.3. The lowest BCUT2D eigenvalue weighted by molar-refractivity contribution is -0.189. The molecule has 0 unspecified atom stereocenters. The molecule has 0 spiro atoms. The van der Waals surface area contributed by atoms with Crippen molar-refractivity contribution in [2.24, 2.45) is 0 Å². The Labute approximate surface area is 218 Å². The Morgan fingerprint density at radius 3 is 2.16 bits per heavy atom. The van der Waals surface area contributed by atoms with Crippen LogP contribution in [0.4, 0.5) is 13.2 Å². The van der Waals surface area contributed by atoms with Gasteiger partial charge in [-0.25, -0.2) is 13.2 Å². The van der Waals surface area contributed by atoms with Gasteiger partial charge in [-0.3, -0.25) is 0 Å². The topological polar surface area (TPSA) is 18.5 Å². The first kappa shape index (κ1) is 27.2. The van der Waals surface area contributed by atoms with Crippen molar-refractivity contribution in [2.75, 3.05) is 13.2 Å². The largest absolute Gasteiger partial charge is 0.352 e. The summed E-state index contributed by atoms with van der Waals surface area (Å²) in [6.45, 7) is 6.79. The maximum atomic E-state index is 15.1. The molecule has 4 rings (SSSR count). The molecule has 0 atom stereocenters. The van der Waals surface area contributed by atoms with Crippen molar-refractivity contribution in [1.29, 1.82) is 0 Å². The molecule has 0 radical (unpaired) electrons. The number of hydrogen-bond acceptors (Lipinski definition) is 2. The Hall–Kier alpha value is -2.89. The number of rotatable bonds is 11. The number of allylic oxidation sites excluding steroid dienone is 1. The molecule has 0 aliphatic carbocycles. The molecule has 0 N–H and O–H groups in total. The first-order valence-corrected chi connectivity index (χ1v) is 13.2. The van der Waals surface area contributed by atoms with Crippen LogP contribution >= 0.6 is 0 Å². The van der Waals surface area contributed by atoms with Gasteiger partial charge in [0.2, 0.25) is 0 Å². The van der Waals surface area contributed by atoms with Gasteiger partial charge in [0.05, 0.1) is 13.2 Å². The lowest BCUT2D eigenvalue weighted by Crippen LogP contribution is -2.30. The van der Waals surface area contributed by atoms with E-state index in [1.165, 1.54) is 6.07 Å². The van der Waals surface area contributed by atoms with Crippen LogP contribution in [0, 0.1) is 17.5 Å². The molecule has 37 heavy (non-hydrogen) atoms. The van der Waals surface area contributed by atoms with E-state index in [9.17, 15) is 8.78 Å². The molecule has 1 aliphatic heterocycles. The minimum absolute atomic E-state index is 0.0293. The van der Waals surface area contributed by atoms with Gasteiger partial charge in [0.1, 0.15) is 5.82 Å². The van der Waals surface area contributed by atoms with E-state index in [0.29, 0.717) is 41.9 Å². The van der Waals surface area contributed by atoms with Crippen LogP contribution in [-0.4, -0.2) is 19.5 Å². The summed E-state index contributed by atoms with van der Waals surface area (Å²) in [7, 11) is 0. The summed E-state index contributed by atoms with van der Waals surface area (Å²) < 4.78 is 56.1. The molecule has 1 saturated heterocycles. The summed E-state index contributed by atoms with van der Waals surface area (Å²) in [5.74, 6) is -1.98. The second-order valence-corrected chi connectivity index (χ2v) is 9.69. The fraction of sp³-hybridized carbons (Fsp3) is 0.375. The highest BCUT2D eigenvalue weighted by Crippen LogP contribution is 2.32. The first-order valence-electron chi connectivity index (χ1n) is 13.2. The van der Waals surface area contributed by atoms with Crippen LogP contribution in [0.1, 0.15) is 62.5 Å². The Bertz CT molecular complexity index is 1180.